The molecular formula is C13H14Cl2N4. The van der Waals surface area contributed by atoms with Gasteiger partial charge in [0.25, 0.3) is 0 Å². The summed E-state index contributed by atoms with van der Waals surface area (Å²) in [5.74, 6) is 1.62. The second kappa shape index (κ2) is 4.69. The van der Waals surface area contributed by atoms with Gasteiger partial charge in [0.1, 0.15) is 5.82 Å². The molecule has 1 aliphatic rings. The lowest BCUT2D eigenvalue weighted by atomic mass is 9.86. The van der Waals surface area contributed by atoms with E-state index in [4.69, 9.17) is 28.9 Å². The SMILES string of the molecule is CC1C(c2cc(Cl)cc(Cl)c2)CCc2nc(N)nn21. The molecule has 0 fully saturated rings. The molecule has 0 spiro atoms. The Labute approximate surface area is 121 Å². The van der Waals surface area contributed by atoms with Crippen molar-refractivity contribution in [3.8, 4) is 0 Å². The van der Waals surface area contributed by atoms with E-state index in [0.29, 0.717) is 21.9 Å². The molecule has 0 bridgehead atoms. The first kappa shape index (κ1) is 12.8. The van der Waals surface area contributed by atoms with Crippen molar-refractivity contribution >= 4 is 29.2 Å². The molecule has 0 saturated carbocycles. The van der Waals surface area contributed by atoms with Gasteiger partial charge < -0.3 is 5.73 Å². The summed E-state index contributed by atoms with van der Waals surface area (Å²) in [6.07, 6.45) is 1.86. The van der Waals surface area contributed by atoms with Crippen molar-refractivity contribution in [3.05, 3.63) is 39.6 Å². The maximum Gasteiger partial charge on any atom is 0.239 e. The van der Waals surface area contributed by atoms with E-state index < -0.39 is 0 Å². The minimum atomic E-state index is 0.197. The Morgan fingerprint density at radius 3 is 2.63 bits per heavy atom. The number of hydrogen-bond donors (Lipinski definition) is 1. The first-order valence-corrected chi connectivity index (χ1v) is 6.97. The molecule has 2 unspecified atom stereocenters. The smallest absolute Gasteiger partial charge is 0.239 e. The molecule has 6 heteroatoms. The number of nitrogen functional groups attached to an aromatic ring is 1. The van der Waals surface area contributed by atoms with Crippen LogP contribution in [0.3, 0.4) is 0 Å². The molecule has 3 rings (SSSR count). The average molecular weight is 297 g/mol. The lowest BCUT2D eigenvalue weighted by Crippen LogP contribution is -2.24. The van der Waals surface area contributed by atoms with Gasteiger partial charge in [-0.25, -0.2) is 4.68 Å². The van der Waals surface area contributed by atoms with Crippen molar-refractivity contribution in [3.63, 3.8) is 0 Å². The van der Waals surface area contributed by atoms with Gasteiger partial charge in [0.05, 0.1) is 6.04 Å². The van der Waals surface area contributed by atoms with E-state index in [0.717, 1.165) is 24.2 Å². The zero-order valence-corrected chi connectivity index (χ0v) is 12.0. The number of nitrogens with two attached hydrogens (primary N) is 1. The number of hydrogen-bond acceptors (Lipinski definition) is 3. The van der Waals surface area contributed by atoms with Gasteiger partial charge in [-0.2, -0.15) is 4.98 Å². The van der Waals surface area contributed by atoms with Crippen molar-refractivity contribution in [1.82, 2.24) is 14.8 Å². The zero-order chi connectivity index (χ0) is 13.6. The third kappa shape index (κ3) is 2.30. The lowest BCUT2D eigenvalue weighted by molar-refractivity contribution is 0.338. The zero-order valence-electron chi connectivity index (χ0n) is 10.5. The molecule has 2 atom stereocenters. The standard InChI is InChI=1S/C13H14Cl2N4/c1-7-11(8-4-9(14)6-10(15)5-8)2-3-12-17-13(16)18-19(7)12/h4-7,11H,2-3H2,1H3,(H2,16,18). The molecule has 2 N–H and O–H groups in total. The van der Waals surface area contributed by atoms with E-state index in [1.807, 2.05) is 16.8 Å². The van der Waals surface area contributed by atoms with Crippen molar-refractivity contribution in [1.29, 1.82) is 0 Å². The Kier molecular flexibility index (Phi) is 3.15. The highest BCUT2D eigenvalue weighted by atomic mass is 35.5. The van der Waals surface area contributed by atoms with Crippen LogP contribution in [0.2, 0.25) is 10.0 Å². The van der Waals surface area contributed by atoms with Gasteiger partial charge >= 0.3 is 0 Å². The molecular weight excluding hydrogens is 283 g/mol. The first-order valence-electron chi connectivity index (χ1n) is 6.21. The molecule has 0 saturated heterocycles. The van der Waals surface area contributed by atoms with Crippen molar-refractivity contribution < 1.29 is 0 Å². The molecule has 0 aliphatic carbocycles. The second-order valence-electron chi connectivity index (χ2n) is 4.92. The summed E-state index contributed by atoms with van der Waals surface area (Å²) >= 11 is 12.2. The Morgan fingerprint density at radius 1 is 1.26 bits per heavy atom. The van der Waals surface area contributed by atoms with E-state index in [9.17, 15) is 0 Å². The number of anilines is 1. The second-order valence-corrected chi connectivity index (χ2v) is 5.79. The van der Waals surface area contributed by atoms with Crippen LogP contribution in [0.4, 0.5) is 5.95 Å². The molecule has 1 aromatic carbocycles. The van der Waals surface area contributed by atoms with Gasteiger partial charge in [-0.1, -0.05) is 23.2 Å². The molecule has 1 aliphatic heterocycles. The predicted molar refractivity (Wildman–Crippen MR) is 76.7 cm³/mol. The lowest BCUT2D eigenvalue weighted by Gasteiger charge is -2.30. The largest absolute Gasteiger partial charge is 0.366 e. The van der Waals surface area contributed by atoms with Crippen molar-refractivity contribution in [2.75, 3.05) is 5.73 Å². The summed E-state index contributed by atoms with van der Waals surface area (Å²) in [4.78, 5) is 4.24. The summed E-state index contributed by atoms with van der Waals surface area (Å²) in [6.45, 7) is 2.12. The van der Waals surface area contributed by atoms with Crippen LogP contribution in [0.1, 0.15) is 36.7 Å². The highest BCUT2D eigenvalue weighted by molar-refractivity contribution is 6.34. The van der Waals surface area contributed by atoms with Crippen LogP contribution >= 0.6 is 23.2 Å². The number of halogens is 2. The summed E-state index contributed by atoms with van der Waals surface area (Å²) in [6, 6.07) is 5.89. The van der Waals surface area contributed by atoms with Crippen molar-refractivity contribution in [2.24, 2.45) is 0 Å². The highest BCUT2D eigenvalue weighted by Gasteiger charge is 2.29. The molecule has 19 heavy (non-hydrogen) atoms. The Bertz CT molecular complexity index is 603. The number of fused-ring (bicyclic) bond motifs is 1. The third-order valence-electron chi connectivity index (χ3n) is 3.68. The van der Waals surface area contributed by atoms with Gasteiger partial charge in [0.15, 0.2) is 0 Å². The topological polar surface area (TPSA) is 56.7 Å². The van der Waals surface area contributed by atoms with E-state index in [2.05, 4.69) is 17.0 Å². The average Bonchev–Trinajstić information content (AvgIpc) is 2.70. The number of rotatable bonds is 1. The molecule has 1 aromatic heterocycles. The van der Waals surface area contributed by atoms with E-state index in [1.54, 1.807) is 6.07 Å². The molecule has 0 amide bonds. The molecule has 100 valence electrons. The summed E-state index contributed by atoms with van der Waals surface area (Å²) < 4.78 is 1.91. The van der Waals surface area contributed by atoms with E-state index in [1.165, 1.54) is 0 Å². The van der Waals surface area contributed by atoms with Crippen LogP contribution in [0.15, 0.2) is 18.2 Å². The van der Waals surface area contributed by atoms with Gasteiger partial charge in [-0.05, 0) is 37.1 Å². The Balaban J connectivity index is 1.99. The monoisotopic (exact) mass is 296 g/mol. The quantitative estimate of drug-likeness (QED) is 0.877. The predicted octanol–water partition coefficient (Wildman–Crippen LogP) is 3.46. The van der Waals surface area contributed by atoms with Crippen LogP contribution in [0.5, 0.6) is 0 Å². The number of aromatic nitrogens is 3. The van der Waals surface area contributed by atoms with Crippen LogP contribution in [0, 0.1) is 0 Å². The third-order valence-corrected chi connectivity index (χ3v) is 4.11. The molecule has 0 radical (unpaired) electrons. The molecule has 2 heterocycles. The Morgan fingerprint density at radius 2 is 1.95 bits per heavy atom. The van der Waals surface area contributed by atoms with Crippen LogP contribution in [0.25, 0.3) is 0 Å². The van der Waals surface area contributed by atoms with Crippen LogP contribution in [-0.2, 0) is 6.42 Å². The van der Waals surface area contributed by atoms with Gasteiger partial charge in [-0.3, -0.25) is 0 Å². The van der Waals surface area contributed by atoms with E-state index in [-0.39, 0.29) is 6.04 Å². The molecule has 2 aromatic rings. The summed E-state index contributed by atoms with van der Waals surface area (Å²) in [5.41, 5.74) is 6.81. The number of aryl methyl sites for hydroxylation is 1. The van der Waals surface area contributed by atoms with Crippen molar-refractivity contribution in [2.45, 2.75) is 31.7 Å². The van der Waals surface area contributed by atoms with Gasteiger partial charge in [0.2, 0.25) is 5.95 Å². The van der Waals surface area contributed by atoms with Crippen LogP contribution in [-0.4, -0.2) is 14.8 Å². The first-order chi connectivity index (χ1) is 9.04. The fourth-order valence-corrected chi connectivity index (χ4v) is 3.34. The maximum absolute atomic E-state index is 6.08. The summed E-state index contributed by atoms with van der Waals surface area (Å²) in [7, 11) is 0. The minimum absolute atomic E-state index is 0.197. The Hall–Kier alpha value is -1.26. The number of benzene rings is 1. The minimum Gasteiger partial charge on any atom is -0.366 e. The number of nitrogens with zero attached hydrogens (tertiary/aromatic N) is 3. The molecule has 4 nitrogen and oxygen atoms in total. The normalized spacial score (nSPS) is 22.3. The highest BCUT2D eigenvalue weighted by Crippen LogP contribution is 2.38. The fraction of sp³-hybridized carbons (Fsp3) is 0.385. The summed E-state index contributed by atoms with van der Waals surface area (Å²) in [5, 5.41) is 5.60. The maximum atomic E-state index is 6.08. The van der Waals surface area contributed by atoms with Gasteiger partial charge in [-0.15, -0.1) is 5.10 Å². The fourth-order valence-electron chi connectivity index (χ4n) is 2.80. The van der Waals surface area contributed by atoms with Gasteiger partial charge in [0, 0.05) is 22.4 Å². The van der Waals surface area contributed by atoms with Crippen LogP contribution < -0.4 is 5.73 Å². The van der Waals surface area contributed by atoms with E-state index >= 15 is 0 Å².